The first kappa shape index (κ1) is 21.1. The van der Waals surface area contributed by atoms with Crippen molar-refractivity contribution in [2.24, 2.45) is 24.3 Å². The van der Waals surface area contributed by atoms with Crippen molar-refractivity contribution in [3.63, 3.8) is 0 Å². The topological polar surface area (TPSA) is 47.4 Å². The van der Waals surface area contributed by atoms with Gasteiger partial charge in [0, 0.05) is 38.2 Å². The van der Waals surface area contributed by atoms with Crippen LogP contribution in [-0.2, 0) is 23.0 Å². The van der Waals surface area contributed by atoms with Crippen molar-refractivity contribution in [3.05, 3.63) is 53.9 Å². The lowest BCUT2D eigenvalue weighted by molar-refractivity contribution is -0.151. The second-order valence-electron chi connectivity index (χ2n) is 9.70. The van der Waals surface area contributed by atoms with Crippen LogP contribution in [0, 0.1) is 17.3 Å². The summed E-state index contributed by atoms with van der Waals surface area (Å²) in [5.41, 5.74) is 2.51. The number of aromatic nitrogens is 2. The number of piperidine rings is 1. The third kappa shape index (κ3) is 4.61. The molecule has 4 rings (SSSR count). The van der Waals surface area contributed by atoms with Gasteiger partial charge in [-0.1, -0.05) is 44.2 Å². The zero-order valence-corrected chi connectivity index (χ0v) is 18.6. The lowest BCUT2D eigenvalue weighted by Crippen LogP contribution is -2.52. The van der Waals surface area contributed by atoms with Crippen molar-refractivity contribution >= 4 is 5.91 Å². The highest BCUT2D eigenvalue weighted by Crippen LogP contribution is 2.48. The molecule has 0 aliphatic carbocycles. The molecular weight excluding hydrogens is 374 g/mol. The molecule has 30 heavy (non-hydrogen) atoms. The van der Waals surface area contributed by atoms with E-state index in [2.05, 4.69) is 54.2 Å². The summed E-state index contributed by atoms with van der Waals surface area (Å²) in [5, 5.41) is 4.21. The summed E-state index contributed by atoms with van der Waals surface area (Å²) in [6, 6.07) is 10.6. The van der Waals surface area contributed by atoms with Gasteiger partial charge < -0.3 is 9.64 Å². The average molecular weight is 410 g/mol. The number of likely N-dealkylation sites (tertiary alicyclic amines) is 1. The molecule has 1 aromatic carbocycles. The Balaban J connectivity index is 1.41. The average Bonchev–Trinajstić information content (AvgIpc) is 3.18. The summed E-state index contributed by atoms with van der Waals surface area (Å²) in [6.45, 7) is 7.08. The van der Waals surface area contributed by atoms with Gasteiger partial charge in [0.1, 0.15) is 0 Å². The molecule has 2 saturated heterocycles. The van der Waals surface area contributed by atoms with Crippen molar-refractivity contribution in [3.8, 4) is 0 Å². The SMILES string of the molecule is CC(C)[C@@H]1C[C@@]2(CCCN(C(=O)CCc3cnn(C)c3)C2)CO[C@H]1c1ccccc1. The minimum Gasteiger partial charge on any atom is -0.373 e. The molecule has 0 saturated carbocycles. The van der Waals surface area contributed by atoms with Gasteiger partial charge in [-0.15, -0.1) is 0 Å². The van der Waals surface area contributed by atoms with E-state index in [4.69, 9.17) is 4.74 Å². The van der Waals surface area contributed by atoms with Gasteiger partial charge in [-0.05, 0) is 48.6 Å². The van der Waals surface area contributed by atoms with Gasteiger partial charge >= 0.3 is 0 Å². The highest BCUT2D eigenvalue weighted by atomic mass is 16.5. The second-order valence-corrected chi connectivity index (χ2v) is 9.70. The summed E-state index contributed by atoms with van der Waals surface area (Å²) in [5.74, 6) is 1.29. The van der Waals surface area contributed by atoms with Gasteiger partial charge in [0.15, 0.2) is 0 Å². The Morgan fingerprint density at radius 3 is 2.80 bits per heavy atom. The highest BCUT2D eigenvalue weighted by molar-refractivity contribution is 5.76. The molecule has 2 aliphatic rings. The summed E-state index contributed by atoms with van der Waals surface area (Å²) in [4.78, 5) is 15.1. The first-order valence-corrected chi connectivity index (χ1v) is 11.4. The van der Waals surface area contributed by atoms with Crippen LogP contribution in [0.3, 0.4) is 0 Å². The zero-order valence-electron chi connectivity index (χ0n) is 18.6. The largest absolute Gasteiger partial charge is 0.373 e. The van der Waals surface area contributed by atoms with E-state index in [1.165, 1.54) is 5.56 Å². The maximum Gasteiger partial charge on any atom is 0.222 e. The van der Waals surface area contributed by atoms with E-state index < -0.39 is 0 Å². The Morgan fingerprint density at radius 1 is 1.30 bits per heavy atom. The summed E-state index contributed by atoms with van der Waals surface area (Å²) in [6.07, 6.45) is 8.70. The van der Waals surface area contributed by atoms with Gasteiger partial charge in [-0.2, -0.15) is 5.10 Å². The van der Waals surface area contributed by atoms with E-state index in [9.17, 15) is 4.79 Å². The Kier molecular flexibility index (Phi) is 6.28. The predicted molar refractivity (Wildman–Crippen MR) is 118 cm³/mol. The van der Waals surface area contributed by atoms with Crippen LogP contribution < -0.4 is 0 Å². The number of amides is 1. The molecule has 1 spiro atoms. The predicted octanol–water partition coefficient (Wildman–Crippen LogP) is 4.40. The normalized spacial score (nSPS) is 27.0. The van der Waals surface area contributed by atoms with E-state index in [1.807, 2.05) is 19.4 Å². The lowest BCUT2D eigenvalue weighted by Gasteiger charge is -2.50. The number of hydrogen-bond acceptors (Lipinski definition) is 3. The van der Waals surface area contributed by atoms with E-state index in [0.29, 0.717) is 18.3 Å². The molecule has 3 heterocycles. The highest BCUT2D eigenvalue weighted by Gasteiger charge is 2.46. The van der Waals surface area contributed by atoms with Crippen molar-refractivity contribution in [2.45, 2.75) is 52.1 Å². The summed E-state index contributed by atoms with van der Waals surface area (Å²) < 4.78 is 8.34. The Labute approximate surface area is 180 Å². The van der Waals surface area contributed by atoms with Crippen LogP contribution in [0.4, 0.5) is 0 Å². The van der Waals surface area contributed by atoms with Crippen LogP contribution in [0.25, 0.3) is 0 Å². The molecule has 1 aromatic heterocycles. The Hall–Kier alpha value is -2.14. The fourth-order valence-electron chi connectivity index (χ4n) is 5.34. The van der Waals surface area contributed by atoms with Gasteiger partial charge in [-0.3, -0.25) is 9.48 Å². The molecule has 162 valence electrons. The fourth-order valence-corrected chi connectivity index (χ4v) is 5.34. The van der Waals surface area contributed by atoms with E-state index >= 15 is 0 Å². The number of aryl methyl sites for hydroxylation is 2. The standard InChI is InChI=1S/C25H35N3O2/c1-19(2)22-14-25(18-30-24(22)21-8-5-4-6-9-21)12-7-13-28(17-25)23(29)11-10-20-15-26-27(3)16-20/h4-6,8-9,15-16,19,22,24H,7,10-14,17-18H2,1-3H3/t22-,24-,25+/m0/s1. The van der Waals surface area contributed by atoms with Gasteiger partial charge in [0.25, 0.3) is 0 Å². The monoisotopic (exact) mass is 409 g/mol. The molecule has 0 bridgehead atoms. The molecule has 1 amide bonds. The van der Waals surface area contributed by atoms with Gasteiger partial charge in [0.05, 0.1) is 18.9 Å². The molecular formula is C25H35N3O2. The number of carbonyl (C=O) groups excluding carboxylic acids is 1. The second kappa shape index (κ2) is 8.93. The van der Waals surface area contributed by atoms with Gasteiger partial charge in [0.2, 0.25) is 5.91 Å². The molecule has 2 aliphatic heterocycles. The van der Waals surface area contributed by atoms with E-state index in [-0.39, 0.29) is 17.4 Å². The number of ether oxygens (including phenoxy) is 1. The van der Waals surface area contributed by atoms with E-state index in [0.717, 1.165) is 50.9 Å². The van der Waals surface area contributed by atoms with Gasteiger partial charge in [-0.25, -0.2) is 0 Å². The smallest absolute Gasteiger partial charge is 0.222 e. The first-order chi connectivity index (χ1) is 14.5. The molecule has 0 N–H and O–H groups in total. The van der Waals surface area contributed by atoms with E-state index in [1.54, 1.807) is 4.68 Å². The number of rotatable bonds is 5. The van der Waals surface area contributed by atoms with Crippen LogP contribution >= 0.6 is 0 Å². The quantitative estimate of drug-likeness (QED) is 0.736. The van der Waals surface area contributed by atoms with Crippen LogP contribution in [-0.4, -0.2) is 40.3 Å². The molecule has 2 aromatic rings. The molecule has 0 radical (unpaired) electrons. The number of nitrogens with zero attached hydrogens (tertiary/aromatic N) is 3. The lowest BCUT2D eigenvalue weighted by atomic mass is 9.67. The summed E-state index contributed by atoms with van der Waals surface area (Å²) >= 11 is 0. The minimum atomic E-state index is 0.0996. The fraction of sp³-hybridized carbons (Fsp3) is 0.600. The number of carbonyl (C=O) groups is 1. The van der Waals surface area contributed by atoms with Crippen LogP contribution in [0.5, 0.6) is 0 Å². The Morgan fingerprint density at radius 2 is 2.10 bits per heavy atom. The number of hydrogen-bond donors (Lipinski definition) is 0. The molecule has 5 heteroatoms. The van der Waals surface area contributed by atoms with Crippen molar-refractivity contribution in [1.29, 1.82) is 0 Å². The third-order valence-electron chi connectivity index (χ3n) is 7.01. The van der Waals surface area contributed by atoms with Crippen molar-refractivity contribution in [1.82, 2.24) is 14.7 Å². The Bertz CT molecular complexity index is 847. The van der Waals surface area contributed by atoms with Crippen molar-refractivity contribution in [2.75, 3.05) is 19.7 Å². The zero-order chi connectivity index (χ0) is 21.1. The molecule has 2 fully saturated rings. The third-order valence-corrected chi connectivity index (χ3v) is 7.01. The number of benzene rings is 1. The molecule has 3 atom stereocenters. The van der Waals surface area contributed by atoms with Crippen molar-refractivity contribution < 1.29 is 9.53 Å². The minimum absolute atomic E-state index is 0.0996. The molecule has 5 nitrogen and oxygen atoms in total. The maximum atomic E-state index is 13.0. The van der Waals surface area contributed by atoms with Crippen LogP contribution in [0.15, 0.2) is 42.7 Å². The molecule has 0 unspecified atom stereocenters. The maximum absolute atomic E-state index is 13.0. The van der Waals surface area contributed by atoms with Crippen LogP contribution in [0.1, 0.15) is 56.8 Å². The van der Waals surface area contributed by atoms with Crippen LogP contribution in [0.2, 0.25) is 0 Å². The first-order valence-electron chi connectivity index (χ1n) is 11.4. The summed E-state index contributed by atoms with van der Waals surface area (Å²) in [7, 11) is 1.91.